The Labute approximate surface area is 190 Å². The SMILES string of the molecule is CC(=O)O[C@]1(C(C)=O)CC[C@H]2[C@@H]3CCC4=CC(=O)C(c5ccccc5)CC4=C3CC[C@@]21C. The van der Waals surface area contributed by atoms with E-state index in [4.69, 9.17) is 4.74 Å². The lowest BCUT2D eigenvalue weighted by Gasteiger charge is -2.52. The maximum atomic E-state index is 12.9. The van der Waals surface area contributed by atoms with Crippen LogP contribution in [0.3, 0.4) is 0 Å². The zero-order chi connectivity index (χ0) is 22.7. The highest BCUT2D eigenvalue weighted by Crippen LogP contribution is 2.65. The van der Waals surface area contributed by atoms with Crippen molar-refractivity contribution in [3.63, 3.8) is 0 Å². The first-order valence-electron chi connectivity index (χ1n) is 12.0. The molecule has 0 spiro atoms. The summed E-state index contributed by atoms with van der Waals surface area (Å²) in [6.07, 6.45) is 7.91. The number of ketones is 2. The van der Waals surface area contributed by atoms with Crippen molar-refractivity contribution < 1.29 is 19.1 Å². The average Bonchev–Trinajstić information content (AvgIpc) is 3.06. The Morgan fingerprint density at radius 2 is 1.78 bits per heavy atom. The number of carbonyl (C=O) groups excluding carboxylic acids is 3. The molecular weight excluding hydrogens is 400 g/mol. The largest absolute Gasteiger partial charge is 0.451 e. The number of rotatable bonds is 3. The normalized spacial score (nSPS) is 36.0. The van der Waals surface area contributed by atoms with Crippen LogP contribution >= 0.6 is 0 Å². The molecule has 5 atom stereocenters. The predicted octanol–water partition coefficient (Wildman–Crippen LogP) is 5.48. The Morgan fingerprint density at radius 1 is 1.03 bits per heavy atom. The highest BCUT2D eigenvalue weighted by atomic mass is 16.6. The fraction of sp³-hybridized carbons (Fsp3) is 0.536. The molecule has 0 amide bonds. The second-order valence-electron chi connectivity index (χ2n) is 10.4. The minimum atomic E-state index is -0.995. The molecule has 32 heavy (non-hydrogen) atoms. The molecule has 1 unspecified atom stereocenters. The standard InChI is InChI=1S/C28H32O4/c1-17(29)28(32-18(2)30)14-12-25-22-10-9-20-15-26(31)24(19-7-5-4-6-8-19)16-23(20)21(22)11-13-27(25,28)3/h4-8,15,22,24-25H,9-14,16H2,1-3H3/t22-,24?,25+,27+,28+/m1/s1. The highest BCUT2D eigenvalue weighted by Gasteiger charge is 2.65. The molecule has 1 aromatic rings. The summed E-state index contributed by atoms with van der Waals surface area (Å²) in [7, 11) is 0. The molecule has 0 N–H and O–H groups in total. The van der Waals surface area contributed by atoms with Crippen LogP contribution in [0.4, 0.5) is 0 Å². The highest BCUT2D eigenvalue weighted by molar-refractivity contribution is 5.98. The fourth-order valence-corrected chi connectivity index (χ4v) is 7.56. The molecule has 4 nitrogen and oxygen atoms in total. The third-order valence-electron chi connectivity index (χ3n) is 9.05. The Balaban J connectivity index is 1.52. The van der Waals surface area contributed by atoms with E-state index < -0.39 is 5.60 Å². The summed E-state index contributed by atoms with van der Waals surface area (Å²) < 4.78 is 5.85. The topological polar surface area (TPSA) is 60.4 Å². The molecular formula is C28H32O4. The van der Waals surface area contributed by atoms with Gasteiger partial charge in [-0.05, 0) is 86.5 Å². The third-order valence-corrected chi connectivity index (χ3v) is 9.05. The first kappa shape index (κ1) is 21.4. The van der Waals surface area contributed by atoms with Crippen LogP contribution in [0.2, 0.25) is 0 Å². The van der Waals surface area contributed by atoms with Crippen LogP contribution in [-0.2, 0) is 19.1 Å². The van der Waals surface area contributed by atoms with E-state index >= 15 is 0 Å². The van der Waals surface area contributed by atoms with Crippen molar-refractivity contribution in [1.29, 1.82) is 0 Å². The molecule has 0 heterocycles. The van der Waals surface area contributed by atoms with Gasteiger partial charge < -0.3 is 4.74 Å². The van der Waals surface area contributed by atoms with Crippen LogP contribution in [0.15, 0.2) is 53.1 Å². The number of fused-ring (bicyclic) bond motifs is 4. The van der Waals surface area contributed by atoms with Gasteiger partial charge in [-0.2, -0.15) is 0 Å². The monoisotopic (exact) mass is 432 g/mol. The minimum Gasteiger partial charge on any atom is -0.451 e. The Kier molecular flexibility index (Phi) is 5.03. The number of esters is 1. The molecule has 2 fully saturated rings. The summed E-state index contributed by atoms with van der Waals surface area (Å²) in [5.41, 5.74) is 3.89. The van der Waals surface area contributed by atoms with Crippen molar-refractivity contribution in [3.8, 4) is 0 Å². The maximum Gasteiger partial charge on any atom is 0.303 e. The molecule has 0 saturated heterocycles. The van der Waals surface area contributed by atoms with Crippen molar-refractivity contribution in [2.75, 3.05) is 0 Å². The van der Waals surface area contributed by atoms with Gasteiger partial charge in [-0.1, -0.05) is 42.8 Å². The van der Waals surface area contributed by atoms with Gasteiger partial charge in [-0.15, -0.1) is 0 Å². The van der Waals surface area contributed by atoms with Crippen molar-refractivity contribution in [3.05, 3.63) is 58.7 Å². The van der Waals surface area contributed by atoms with Crippen LogP contribution < -0.4 is 0 Å². The number of benzene rings is 1. The second-order valence-corrected chi connectivity index (χ2v) is 10.4. The lowest BCUT2D eigenvalue weighted by Crippen LogP contribution is -2.55. The Hall–Kier alpha value is -2.49. The van der Waals surface area contributed by atoms with E-state index in [9.17, 15) is 14.4 Å². The summed E-state index contributed by atoms with van der Waals surface area (Å²) in [4.78, 5) is 37.7. The fourth-order valence-electron chi connectivity index (χ4n) is 7.56. The van der Waals surface area contributed by atoms with E-state index in [-0.39, 0.29) is 28.9 Å². The van der Waals surface area contributed by atoms with E-state index in [0.717, 1.165) is 44.1 Å². The van der Waals surface area contributed by atoms with E-state index in [2.05, 4.69) is 19.1 Å². The van der Waals surface area contributed by atoms with Crippen molar-refractivity contribution in [2.24, 2.45) is 17.3 Å². The van der Waals surface area contributed by atoms with Gasteiger partial charge in [0.2, 0.25) is 0 Å². The summed E-state index contributed by atoms with van der Waals surface area (Å²) in [5.74, 6) is 0.476. The van der Waals surface area contributed by atoms with Gasteiger partial charge in [0.25, 0.3) is 0 Å². The Morgan fingerprint density at radius 3 is 2.47 bits per heavy atom. The molecule has 5 rings (SSSR count). The van der Waals surface area contributed by atoms with Crippen LogP contribution in [0.1, 0.15) is 77.2 Å². The van der Waals surface area contributed by atoms with E-state index in [0.29, 0.717) is 18.3 Å². The number of hydrogen-bond donors (Lipinski definition) is 0. The molecule has 4 heteroatoms. The van der Waals surface area contributed by atoms with Gasteiger partial charge in [-0.25, -0.2) is 0 Å². The number of Topliss-reactive ketones (excluding diaryl/α,β-unsaturated/α-hetero) is 1. The number of hydrogen-bond acceptors (Lipinski definition) is 4. The van der Waals surface area contributed by atoms with Gasteiger partial charge in [0.15, 0.2) is 17.2 Å². The van der Waals surface area contributed by atoms with Crippen molar-refractivity contribution in [2.45, 2.75) is 77.2 Å². The van der Waals surface area contributed by atoms with Crippen molar-refractivity contribution >= 4 is 17.5 Å². The van der Waals surface area contributed by atoms with Gasteiger partial charge in [0, 0.05) is 12.3 Å². The molecule has 0 aliphatic heterocycles. The summed E-state index contributed by atoms with van der Waals surface area (Å²) in [5, 5.41) is 0. The zero-order valence-electron chi connectivity index (χ0n) is 19.3. The van der Waals surface area contributed by atoms with Crippen LogP contribution in [0, 0.1) is 17.3 Å². The lowest BCUT2D eigenvalue weighted by molar-refractivity contribution is -0.181. The quantitative estimate of drug-likeness (QED) is 0.594. The maximum absolute atomic E-state index is 12.9. The van der Waals surface area contributed by atoms with Gasteiger partial charge in [0.1, 0.15) is 0 Å². The van der Waals surface area contributed by atoms with Gasteiger partial charge in [0.05, 0.1) is 5.92 Å². The van der Waals surface area contributed by atoms with E-state index in [1.54, 1.807) is 6.92 Å². The summed E-state index contributed by atoms with van der Waals surface area (Å²) in [6.45, 7) is 5.18. The third kappa shape index (κ3) is 2.98. The molecule has 168 valence electrons. The zero-order valence-corrected chi connectivity index (χ0v) is 19.3. The molecule has 0 aromatic heterocycles. The smallest absolute Gasteiger partial charge is 0.303 e. The first-order valence-corrected chi connectivity index (χ1v) is 12.0. The molecule has 0 radical (unpaired) electrons. The summed E-state index contributed by atoms with van der Waals surface area (Å²) >= 11 is 0. The van der Waals surface area contributed by atoms with E-state index in [1.807, 2.05) is 24.3 Å². The predicted molar refractivity (Wildman–Crippen MR) is 122 cm³/mol. The van der Waals surface area contributed by atoms with Crippen LogP contribution in [0.25, 0.3) is 0 Å². The average molecular weight is 433 g/mol. The van der Waals surface area contributed by atoms with Gasteiger partial charge >= 0.3 is 5.97 Å². The van der Waals surface area contributed by atoms with Crippen molar-refractivity contribution in [1.82, 2.24) is 0 Å². The lowest BCUT2D eigenvalue weighted by atomic mass is 9.54. The van der Waals surface area contributed by atoms with Gasteiger partial charge in [-0.3, -0.25) is 14.4 Å². The van der Waals surface area contributed by atoms with Crippen LogP contribution in [0.5, 0.6) is 0 Å². The Bertz CT molecular complexity index is 1050. The minimum absolute atomic E-state index is 0.0161. The first-order chi connectivity index (χ1) is 15.3. The second kappa shape index (κ2) is 7.54. The molecule has 0 bridgehead atoms. The number of allylic oxidation sites excluding steroid dienone is 4. The number of carbonyl (C=O) groups is 3. The molecule has 2 saturated carbocycles. The van der Waals surface area contributed by atoms with E-state index in [1.165, 1.54) is 23.6 Å². The number of ether oxygens (including phenoxy) is 1. The van der Waals surface area contributed by atoms with Crippen LogP contribution in [-0.4, -0.2) is 23.1 Å². The summed E-state index contributed by atoms with van der Waals surface area (Å²) in [6, 6.07) is 10.1. The molecule has 4 aliphatic rings. The molecule has 1 aromatic carbocycles. The molecule has 4 aliphatic carbocycles.